The topological polar surface area (TPSA) is 144 Å². The number of carbonyl (C=O) groups excluding carboxylic acids is 1. The second-order valence-corrected chi connectivity index (χ2v) is 5.86. The third-order valence-electron chi connectivity index (χ3n) is 2.45. The molecular weight excluding hydrogens is 288 g/mol. The Morgan fingerprint density at radius 1 is 1.45 bits per heavy atom. The molecule has 0 aliphatic carbocycles. The minimum atomic E-state index is -3.40. The van der Waals surface area contributed by atoms with E-state index in [9.17, 15) is 23.3 Å². The lowest BCUT2D eigenvalue weighted by atomic mass is 10.1. The molecule has 0 bridgehead atoms. The Kier molecular flexibility index (Phi) is 5.00. The molecule has 0 spiro atoms. The van der Waals surface area contributed by atoms with E-state index in [1.165, 1.54) is 19.2 Å². The molecule has 0 aliphatic heterocycles. The number of nitrogens with zero attached hydrogens (tertiary/aromatic N) is 1. The summed E-state index contributed by atoms with van der Waals surface area (Å²) in [6, 6.07) is 3.53. The molecule has 0 saturated carbocycles. The first-order valence-electron chi connectivity index (χ1n) is 5.50. The SMILES string of the molecule is CNS(=O)(=O)CCNC(=O)c1ccc([N+](=O)[O-])c(N)c1. The quantitative estimate of drug-likeness (QED) is 0.365. The summed E-state index contributed by atoms with van der Waals surface area (Å²) in [4.78, 5) is 21.6. The molecule has 0 aromatic heterocycles. The van der Waals surface area contributed by atoms with Crippen LogP contribution < -0.4 is 15.8 Å². The lowest BCUT2D eigenvalue weighted by molar-refractivity contribution is -0.383. The molecule has 0 radical (unpaired) electrons. The number of nitro groups is 1. The van der Waals surface area contributed by atoms with Crippen LogP contribution in [-0.2, 0) is 10.0 Å². The van der Waals surface area contributed by atoms with Crippen LogP contribution in [0.15, 0.2) is 18.2 Å². The summed E-state index contributed by atoms with van der Waals surface area (Å²) in [6.45, 7) is -0.0844. The van der Waals surface area contributed by atoms with Crippen molar-refractivity contribution in [2.45, 2.75) is 0 Å². The number of anilines is 1. The highest BCUT2D eigenvalue weighted by molar-refractivity contribution is 7.89. The zero-order chi connectivity index (χ0) is 15.3. The van der Waals surface area contributed by atoms with Crippen molar-refractivity contribution in [3.8, 4) is 0 Å². The zero-order valence-corrected chi connectivity index (χ0v) is 11.4. The molecule has 1 aromatic carbocycles. The van der Waals surface area contributed by atoms with Crippen LogP contribution in [0.1, 0.15) is 10.4 Å². The summed E-state index contributed by atoms with van der Waals surface area (Å²) in [7, 11) is -2.13. The van der Waals surface area contributed by atoms with E-state index in [4.69, 9.17) is 5.73 Å². The first-order chi connectivity index (χ1) is 9.26. The molecular formula is C10H14N4O5S. The molecule has 1 rings (SSSR count). The second kappa shape index (κ2) is 6.30. The normalized spacial score (nSPS) is 11.1. The Labute approximate surface area is 115 Å². The maximum atomic E-state index is 11.7. The van der Waals surface area contributed by atoms with Crippen LogP contribution in [0.25, 0.3) is 0 Å². The van der Waals surface area contributed by atoms with Crippen molar-refractivity contribution in [2.75, 3.05) is 25.1 Å². The molecule has 10 heteroatoms. The van der Waals surface area contributed by atoms with Gasteiger partial charge in [-0.3, -0.25) is 14.9 Å². The molecule has 9 nitrogen and oxygen atoms in total. The maximum Gasteiger partial charge on any atom is 0.292 e. The fourth-order valence-electron chi connectivity index (χ4n) is 1.37. The largest absolute Gasteiger partial charge is 0.393 e. The van der Waals surface area contributed by atoms with Crippen molar-refractivity contribution >= 4 is 27.3 Å². The minimum absolute atomic E-state index is 0.0844. The number of hydrogen-bond donors (Lipinski definition) is 3. The van der Waals surface area contributed by atoms with Crippen molar-refractivity contribution in [1.82, 2.24) is 10.0 Å². The number of amides is 1. The van der Waals surface area contributed by atoms with Gasteiger partial charge in [0.1, 0.15) is 5.69 Å². The number of hydrogen-bond acceptors (Lipinski definition) is 6. The van der Waals surface area contributed by atoms with E-state index in [0.717, 1.165) is 6.07 Å². The molecule has 20 heavy (non-hydrogen) atoms. The van der Waals surface area contributed by atoms with E-state index >= 15 is 0 Å². The average molecular weight is 302 g/mol. The summed E-state index contributed by atoms with van der Waals surface area (Å²) in [6.07, 6.45) is 0. The zero-order valence-electron chi connectivity index (χ0n) is 10.6. The van der Waals surface area contributed by atoms with Gasteiger partial charge in [0, 0.05) is 18.2 Å². The number of carbonyl (C=O) groups is 1. The van der Waals surface area contributed by atoms with Crippen LogP contribution in [0.4, 0.5) is 11.4 Å². The molecule has 0 saturated heterocycles. The first kappa shape index (κ1) is 15.9. The monoisotopic (exact) mass is 302 g/mol. The number of rotatable bonds is 6. The number of nitrogens with one attached hydrogen (secondary N) is 2. The third kappa shape index (κ3) is 4.17. The van der Waals surface area contributed by atoms with Gasteiger partial charge in [0.15, 0.2) is 0 Å². The van der Waals surface area contributed by atoms with Crippen LogP contribution >= 0.6 is 0 Å². The fraction of sp³-hybridized carbons (Fsp3) is 0.300. The van der Waals surface area contributed by atoms with Crippen LogP contribution in [0.3, 0.4) is 0 Å². The number of benzene rings is 1. The molecule has 0 unspecified atom stereocenters. The Bertz CT molecular complexity index is 629. The summed E-state index contributed by atoms with van der Waals surface area (Å²) < 4.78 is 24.4. The van der Waals surface area contributed by atoms with Gasteiger partial charge in [0.2, 0.25) is 10.0 Å². The minimum Gasteiger partial charge on any atom is -0.393 e. The van der Waals surface area contributed by atoms with Crippen LogP contribution in [-0.4, -0.2) is 38.6 Å². The van der Waals surface area contributed by atoms with Gasteiger partial charge < -0.3 is 11.1 Å². The van der Waals surface area contributed by atoms with Gasteiger partial charge >= 0.3 is 0 Å². The summed E-state index contributed by atoms with van der Waals surface area (Å²) in [5.41, 5.74) is 5.15. The van der Waals surface area contributed by atoms with Gasteiger partial charge in [0.25, 0.3) is 11.6 Å². The Hall–Kier alpha value is -2.20. The fourth-order valence-corrected chi connectivity index (χ4v) is 1.94. The number of nitrogen functional groups attached to an aromatic ring is 1. The van der Waals surface area contributed by atoms with Gasteiger partial charge in [-0.05, 0) is 19.2 Å². The van der Waals surface area contributed by atoms with Crippen LogP contribution in [0.2, 0.25) is 0 Å². The highest BCUT2D eigenvalue weighted by Gasteiger charge is 2.15. The highest BCUT2D eigenvalue weighted by Crippen LogP contribution is 2.21. The standard InChI is InChI=1S/C10H14N4O5S/c1-12-20(18,19)5-4-13-10(15)7-2-3-9(14(16)17)8(11)6-7/h2-3,6,12H,4-5,11H2,1H3,(H,13,15). The van der Waals surface area contributed by atoms with Crippen molar-refractivity contribution in [1.29, 1.82) is 0 Å². The average Bonchev–Trinajstić information content (AvgIpc) is 2.37. The Morgan fingerprint density at radius 3 is 2.60 bits per heavy atom. The molecule has 0 heterocycles. The maximum absolute atomic E-state index is 11.7. The van der Waals surface area contributed by atoms with Crippen LogP contribution in [0, 0.1) is 10.1 Å². The molecule has 110 valence electrons. The smallest absolute Gasteiger partial charge is 0.292 e. The number of sulfonamides is 1. The van der Waals surface area contributed by atoms with Gasteiger partial charge in [-0.2, -0.15) is 0 Å². The van der Waals surface area contributed by atoms with E-state index in [2.05, 4.69) is 10.0 Å². The molecule has 1 amide bonds. The van der Waals surface area contributed by atoms with E-state index in [0.29, 0.717) is 0 Å². The van der Waals surface area contributed by atoms with E-state index < -0.39 is 20.9 Å². The summed E-state index contributed by atoms with van der Waals surface area (Å²) in [5, 5.41) is 13.0. The predicted molar refractivity (Wildman–Crippen MR) is 72.7 cm³/mol. The number of nitro benzene ring substituents is 1. The van der Waals surface area contributed by atoms with Gasteiger partial charge in [0.05, 0.1) is 10.7 Å². The molecule has 1 aromatic rings. The van der Waals surface area contributed by atoms with Crippen LogP contribution in [0.5, 0.6) is 0 Å². The lowest BCUT2D eigenvalue weighted by Gasteiger charge is -2.06. The second-order valence-electron chi connectivity index (χ2n) is 3.81. The number of nitrogens with two attached hydrogens (primary N) is 1. The van der Waals surface area contributed by atoms with E-state index in [-0.39, 0.29) is 29.2 Å². The molecule has 0 aliphatic rings. The molecule has 0 atom stereocenters. The van der Waals surface area contributed by atoms with E-state index in [1.54, 1.807) is 0 Å². The van der Waals surface area contributed by atoms with Crippen molar-refractivity contribution in [3.63, 3.8) is 0 Å². The van der Waals surface area contributed by atoms with Crippen molar-refractivity contribution in [3.05, 3.63) is 33.9 Å². The highest BCUT2D eigenvalue weighted by atomic mass is 32.2. The molecule has 0 fully saturated rings. The third-order valence-corrected chi connectivity index (χ3v) is 3.82. The van der Waals surface area contributed by atoms with Gasteiger partial charge in [-0.1, -0.05) is 0 Å². The first-order valence-corrected chi connectivity index (χ1v) is 7.15. The Morgan fingerprint density at radius 2 is 2.10 bits per heavy atom. The van der Waals surface area contributed by atoms with Crippen molar-refractivity contribution < 1.29 is 18.1 Å². The summed E-state index contributed by atoms with van der Waals surface area (Å²) >= 11 is 0. The molecule has 4 N–H and O–H groups in total. The van der Waals surface area contributed by atoms with E-state index in [1.807, 2.05) is 0 Å². The van der Waals surface area contributed by atoms with Crippen molar-refractivity contribution in [2.24, 2.45) is 0 Å². The van der Waals surface area contributed by atoms with Gasteiger partial charge in [-0.15, -0.1) is 0 Å². The predicted octanol–water partition coefficient (Wildman–Crippen LogP) is -0.544. The lowest BCUT2D eigenvalue weighted by Crippen LogP contribution is -2.32. The Balaban J connectivity index is 2.70. The summed E-state index contributed by atoms with van der Waals surface area (Å²) in [5.74, 6) is -0.824. The van der Waals surface area contributed by atoms with Gasteiger partial charge in [-0.25, -0.2) is 13.1 Å².